The monoisotopic (exact) mass is 318 g/mol. The Labute approximate surface area is 139 Å². The molecule has 4 aliphatic carbocycles. The van der Waals surface area contributed by atoms with Gasteiger partial charge in [-0.3, -0.25) is 0 Å². The van der Waals surface area contributed by atoms with Crippen molar-refractivity contribution in [3.05, 3.63) is 0 Å². The summed E-state index contributed by atoms with van der Waals surface area (Å²) in [6, 6.07) is 0. The smallest absolute Gasteiger partial charge is 0.180 e. The molecule has 3 spiro atoms. The number of hydrogen-bond acceptors (Lipinski definition) is 3. The van der Waals surface area contributed by atoms with Crippen molar-refractivity contribution < 1.29 is 14.6 Å². The minimum atomic E-state index is -0.884. The van der Waals surface area contributed by atoms with Gasteiger partial charge in [0.2, 0.25) is 0 Å². The van der Waals surface area contributed by atoms with E-state index in [0.717, 1.165) is 25.7 Å². The van der Waals surface area contributed by atoms with Crippen LogP contribution in [0.4, 0.5) is 0 Å². The zero-order valence-electron chi connectivity index (χ0n) is 14.2. The maximum Gasteiger partial charge on any atom is 0.180 e. The predicted molar refractivity (Wildman–Crippen MR) is 85.5 cm³/mol. The van der Waals surface area contributed by atoms with Gasteiger partial charge >= 0.3 is 0 Å². The van der Waals surface area contributed by atoms with Crippen LogP contribution in [-0.2, 0) is 9.47 Å². The van der Waals surface area contributed by atoms with E-state index in [9.17, 15) is 5.11 Å². The zero-order chi connectivity index (χ0) is 15.3. The van der Waals surface area contributed by atoms with Crippen molar-refractivity contribution in [3.8, 4) is 0 Å². The van der Waals surface area contributed by atoms with Crippen molar-refractivity contribution in [2.24, 2.45) is 23.2 Å². The van der Waals surface area contributed by atoms with Gasteiger partial charge in [-0.2, -0.15) is 0 Å². The van der Waals surface area contributed by atoms with Crippen LogP contribution in [0.15, 0.2) is 0 Å². The summed E-state index contributed by atoms with van der Waals surface area (Å²) in [5.41, 5.74) is -0.168. The highest BCUT2D eigenvalue weighted by Gasteiger charge is 2.82. The maximum absolute atomic E-state index is 11.9. The van der Waals surface area contributed by atoms with Crippen LogP contribution < -0.4 is 0 Å². The molecule has 3 heteroatoms. The second-order valence-electron chi connectivity index (χ2n) is 9.60. The van der Waals surface area contributed by atoms with E-state index in [0.29, 0.717) is 17.8 Å². The third-order valence-corrected chi connectivity index (χ3v) is 9.01. The van der Waals surface area contributed by atoms with Gasteiger partial charge < -0.3 is 14.6 Å². The summed E-state index contributed by atoms with van der Waals surface area (Å²) in [4.78, 5) is 0. The molecule has 4 saturated carbocycles. The fourth-order valence-electron chi connectivity index (χ4n) is 8.27. The number of hydrogen-bond donors (Lipinski definition) is 1. The second-order valence-corrected chi connectivity index (χ2v) is 9.60. The van der Waals surface area contributed by atoms with Gasteiger partial charge in [-0.1, -0.05) is 25.7 Å². The van der Waals surface area contributed by atoms with Crippen LogP contribution in [0.3, 0.4) is 0 Å². The summed E-state index contributed by atoms with van der Waals surface area (Å²) in [6.07, 6.45) is 15.7. The van der Waals surface area contributed by atoms with E-state index in [4.69, 9.17) is 9.47 Å². The molecule has 7 fully saturated rings. The van der Waals surface area contributed by atoms with Crippen molar-refractivity contribution in [2.75, 3.05) is 0 Å². The van der Waals surface area contributed by atoms with Crippen LogP contribution in [-0.4, -0.2) is 22.3 Å². The van der Waals surface area contributed by atoms with Gasteiger partial charge in [0.05, 0.1) is 11.0 Å². The number of ether oxygens (including phenoxy) is 2. The first-order valence-electron chi connectivity index (χ1n) is 10.3. The Balaban J connectivity index is 1.58. The van der Waals surface area contributed by atoms with Crippen LogP contribution in [0.2, 0.25) is 0 Å². The first-order chi connectivity index (χ1) is 11.1. The molecule has 3 saturated heterocycles. The Morgan fingerprint density at radius 3 is 2.43 bits per heavy atom. The molecule has 0 amide bonds. The summed E-state index contributed by atoms with van der Waals surface area (Å²) in [7, 11) is 0. The van der Waals surface area contributed by atoms with Crippen molar-refractivity contribution in [1.29, 1.82) is 0 Å². The summed E-state index contributed by atoms with van der Waals surface area (Å²) in [6.45, 7) is 0. The fraction of sp³-hybridized carbons (Fsp3) is 1.00. The Morgan fingerprint density at radius 1 is 0.739 bits per heavy atom. The predicted octanol–water partition coefficient (Wildman–Crippen LogP) is 4.13. The highest BCUT2D eigenvalue weighted by molar-refractivity contribution is 5.25. The van der Waals surface area contributed by atoms with Crippen molar-refractivity contribution >= 4 is 0 Å². The zero-order valence-corrected chi connectivity index (χ0v) is 14.2. The van der Waals surface area contributed by atoms with E-state index >= 15 is 0 Å². The highest BCUT2D eigenvalue weighted by atomic mass is 16.8. The standard InChI is InChI=1S/C20H30O3/c21-20-15-8-5-9-17(20)13-16-7-2-4-11-19(16,23-20)22-18(17)10-3-1-6-14(18)12-15/h14-16,21H,1-13H2/t14-,15+,16+,17-,18+,19-,20+/m0/s1. The average molecular weight is 318 g/mol. The third-order valence-electron chi connectivity index (χ3n) is 9.01. The largest absolute Gasteiger partial charge is 0.365 e. The molecule has 0 unspecified atom stereocenters. The van der Waals surface area contributed by atoms with Crippen LogP contribution in [0.25, 0.3) is 0 Å². The van der Waals surface area contributed by atoms with Gasteiger partial charge in [0.1, 0.15) is 0 Å². The summed E-state index contributed by atoms with van der Waals surface area (Å²) >= 11 is 0. The van der Waals surface area contributed by atoms with E-state index in [1.54, 1.807) is 0 Å². The van der Waals surface area contributed by atoms with Crippen LogP contribution in [0, 0.1) is 23.2 Å². The van der Waals surface area contributed by atoms with E-state index in [-0.39, 0.29) is 11.0 Å². The lowest BCUT2D eigenvalue weighted by Gasteiger charge is -2.79. The molecule has 0 radical (unpaired) electrons. The minimum absolute atomic E-state index is 0.0665. The molecule has 7 rings (SSSR count). The van der Waals surface area contributed by atoms with E-state index in [1.165, 1.54) is 57.8 Å². The topological polar surface area (TPSA) is 38.7 Å². The van der Waals surface area contributed by atoms with Crippen molar-refractivity contribution in [3.63, 3.8) is 0 Å². The van der Waals surface area contributed by atoms with Gasteiger partial charge in [-0.05, 0) is 57.3 Å². The van der Waals surface area contributed by atoms with Gasteiger partial charge in [0.15, 0.2) is 11.6 Å². The maximum atomic E-state index is 11.9. The van der Waals surface area contributed by atoms with Gasteiger partial charge in [0.25, 0.3) is 0 Å². The molecule has 3 nitrogen and oxygen atoms in total. The Morgan fingerprint density at radius 2 is 1.52 bits per heavy atom. The fourth-order valence-corrected chi connectivity index (χ4v) is 8.27. The number of aliphatic hydroxyl groups is 1. The Bertz CT molecular complexity index is 549. The quantitative estimate of drug-likeness (QED) is 0.730. The lowest BCUT2D eigenvalue weighted by Crippen LogP contribution is -2.85. The lowest BCUT2D eigenvalue weighted by atomic mass is 9.40. The first-order valence-corrected chi connectivity index (χ1v) is 10.3. The van der Waals surface area contributed by atoms with Gasteiger partial charge in [0, 0.05) is 18.3 Å². The number of rotatable bonds is 0. The second kappa shape index (κ2) is 4.16. The van der Waals surface area contributed by atoms with E-state index in [1.807, 2.05) is 0 Å². The molecular formula is C20H30O3. The van der Waals surface area contributed by atoms with Crippen molar-refractivity contribution in [2.45, 2.75) is 101 Å². The molecule has 5 bridgehead atoms. The Kier molecular flexibility index (Phi) is 2.55. The van der Waals surface area contributed by atoms with Gasteiger partial charge in [-0.25, -0.2) is 0 Å². The lowest BCUT2D eigenvalue weighted by molar-refractivity contribution is -0.565. The minimum Gasteiger partial charge on any atom is -0.365 e. The van der Waals surface area contributed by atoms with Crippen molar-refractivity contribution in [1.82, 2.24) is 0 Å². The highest BCUT2D eigenvalue weighted by Crippen LogP contribution is 2.77. The van der Waals surface area contributed by atoms with E-state index < -0.39 is 11.6 Å². The summed E-state index contributed by atoms with van der Waals surface area (Å²) in [5, 5.41) is 11.9. The molecular weight excluding hydrogens is 288 g/mol. The molecule has 1 N–H and O–H groups in total. The van der Waals surface area contributed by atoms with Gasteiger partial charge in [-0.15, -0.1) is 0 Å². The molecule has 0 aromatic rings. The molecule has 128 valence electrons. The summed E-state index contributed by atoms with van der Waals surface area (Å²) < 4.78 is 13.8. The van der Waals surface area contributed by atoms with Crippen LogP contribution >= 0.6 is 0 Å². The van der Waals surface area contributed by atoms with Crippen LogP contribution in [0.1, 0.15) is 83.5 Å². The molecule has 3 heterocycles. The van der Waals surface area contributed by atoms with Crippen LogP contribution in [0.5, 0.6) is 0 Å². The average Bonchev–Trinajstić information content (AvgIpc) is 2.52. The Hall–Kier alpha value is -0.120. The molecule has 7 aliphatic rings. The molecule has 7 atom stereocenters. The van der Waals surface area contributed by atoms with E-state index in [2.05, 4.69) is 0 Å². The SMILES string of the molecule is O[C@]12O[C@@]34CCCC[C@@H]3C[C@]13CCC[C@@H]2C[C@@H]1CCCC[C@@]13O4. The molecule has 0 aromatic carbocycles. The molecule has 3 aliphatic heterocycles. The normalized spacial score (nSPS) is 63.3. The summed E-state index contributed by atoms with van der Waals surface area (Å²) in [5.74, 6) is 0.231. The first kappa shape index (κ1) is 14.1. The third kappa shape index (κ3) is 1.36. The molecule has 23 heavy (non-hydrogen) atoms. The molecule has 0 aromatic heterocycles.